The molecule has 2 aromatic heterocycles. The van der Waals surface area contributed by atoms with Crippen molar-refractivity contribution in [3.8, 4) is 5.75 Å². The summed E-state index contributed by atoms with van der Waals surface area (Å²) in [7, 11) is 0. The lowest BCUT2D eigenvalue weighted by molar-refractivity contribution is 0.0685. The smallest absolute Gasteiger partial charge is 0.354 e. The van der Waals surface area contributed by atoms with Crippen molar-refractivity contribution in [1.82, 2.24) is 14.8 Å². The molecule has 3 rings (SSSR count). The number of pyridine rings is 1. The first-order chi connectivity index (χ1) is 10.7. The van der Waals surface area contributed by atoms with Gasteiger partial charge in [-0.3, -0.25) is 9.67 Å². The number of nitrogens with zero attached hydrogens (tertiary/aromatic N) is 3. The molecule has 1 N–H and O–H groups in total. The Morgan fingerprint density at radius 2 is 2.18 bits per heavy atom. The first-order valence-corrected chi connectivity index (χ1v) is 6.95. The Labute approximate surface area is 127 Å². The van der Waals surface area contributed by atoms with Gasteiger partial charge in [0.25, 0.3) is 0 Å². The number of aromatic nitrogens is 3. The van der Waals surface area contributed by atoms with Crippen LogP contribution in [0.25, 0.3) is 10.9 Å². The zero-order valence-corrected chi connectivity index (χ0v) is 12.1. The van der Waals surface area contributed by atoms with Crippen molar-refractivity contribution >= 4 is 16.9 Å². The molecule has 6 heteroatoms. The van der Waals surface area contributed by atoms with E-state index in [9.17, 15) is 9.90 Å². The van der Waals surface area contributed by atoms with Crippen LogP contribution in [0.2, 0.25) is 0 Å². The molecule has 112 valence electrons. The summed E-state index contributed by atoms with van der Waals surface area (Å²) in [6, 6.07) is 10.9. The van der Waals surface area contributed by atoms with Crippen LogP contribution in [0.5, 0.6) is 5.75 Å². The van der Waals surface area contributed by atoms with E-state index < -0.39 is 5.97 Å². The van der Waals surface area contributed by atoms with E-state index in [1.54, 1.807) is 24.4 Å². The van der Waals surface area contributed by atoms with Crippen LogP contribution < -0.4 is 4.74 Å². The Balaban J connectivity index is 1.92. The molecule has 0 amide bonds. The van der Waals surface area contributed by atoms with Gasteiger partial charge in [0.15, 0.2) is 5.69 Å². The maximum absolute atomic E-state index is 11.4. The van der Waals surface area contributed by atoms with Crippen LogP contribution in [-0.2, 0) is 13.2 Å². The number of carboxylic acids is 1. The predicted molar refractivity (Wildman–Crippen MR) is 80.9 cm³/mol. The second-order valence-electron chi connectivity index (χ2n) is 4.76. The molecule has 0 fully saturated rings. The highest BCUT2D eigenvalue weighted by Crippen LogP contribution is 2.24. The van der Waals surface area contributed by atoms with Crippen LogP contribution in [0.4, 0.5) is 0 Å². The first-order valence-electron chi connectivity index (χ1n) is 6.95. The Morgan fingerprint density at radius 3 is 2.86 bits per heavy atom. The molecular weight excluding hydrogens is 282 g/mol. The number of fused-ring (bicyclic) bond motifs is 1. The Kier molecular flexibility index (Phi) is 3.74. The molecule has 2 heterocycles. The fourth-order valence-electron chi connectivity index (χ4n) is 2.30. The second kappa shape index (κ2) is 5.85. The summed E-state index contributed by atoms with van der Waals surface area (Å²) in [6.07, 6.45) is 1.70. The minimum absolute atomic E-state index is 0.181. The molecule has 0 aliphatic heterocycles. The first kappa shape index (κ1) is 14.1. The van der Waals surface area contributed by atoms with E-state index in [0.717, 1.165) is 5.69 Å². The summed E-state index contributed by atoms with van der Waals surface area (Å²) in [5, 5.41) is 14.2. The van der Waals surface area contributed by atoms with E-state index in [0.29, 0.717) is 29.8 Å². The molecule has 6 nitrogen and oxygen atoms in total. The van der Waals surface area contributed by atoms with E-state index in [1.165, 1.54) is 4.68 Å². The number of ether oxygens (including phenoxy) is 1. The molecule has 0 bridgehead atoms. The molecule has 0 unspecified atom stereocenters. The molecule has 0 radical (unpaired) electrons. The molecule has 1 aromatic carbocycles. The molecule has 0 spiro atoms. The Morgan fingerprint density at radius 1 is 1.32 bits per heavy atom. The van der Waals surface area contributed by atoms with Gasteiger partial charge < -0.3 is 9.84 Å². The zero-order chi connectivity index (χ0) is 15.5. The highest BCUT2D eigenvalue weighted by atomic mass is 16.5. The summed E-state index contributed by atoms with van der Waals surface area (Å²) in [4.78, 5) is 15.6. The van der Waals surface area contributed by atoms with Crippen LogP contribution in [0.3, 0.4) is 0 Å². The molecule has 0 saturated heterocycles. The normalized spacial score (nSPS) is 10.8. The van der Waals surface area contributed by atoms with Gasteiger partial charge in [0.2, 0.25) is 0 Å². The van der Waals surface area contributed by atoms with Gasteiger partial charge in [0.1, 0.15) is 12.4 Å². The number of carbonyl (C=O) groups is 1. The number of aromatic carboxylic acids is 1. The standard InChI is InChI=1S/C16H15N3O3/c1-2-19-15(16(20)21)13-9-12(6-7-14(13)18-19)22-10-11-5-3-4-8-17-11/h3-9H,2,10H2,1H3,(H,20,21). The van der Waals surface area contributed by atoms with Gasteiger partial charge in [-0.05, 0) is 37.3 Å². The number of carboxylic acid groups (broad SMARTS) is 1. The highest BCUT2D eigenvalue weighted by molar-refractivity contribution is 6.01. The number of aryl methyl sites for hydroxylation is 1. The van der Waals surface area contributed by atoms with E-state index in [-0.39, 0.29) is 5.69 Å². The molecule has 0 atom stereocenters. The summed E-state index contributed by atoms with van der Waals surface area (Å²) in [5.74, 6) is -0.400. The summed E-state index contributed by atoms with van der Waals surface area (Å²) < 4.78 is 7.17. The minimum Gasteiger partial charge on any atom is -0.487 e. The predicted octanol–water partition coefficient (Wildman–Crippen LogP) is 2.73. The monoisotopic (exact) mass is 297 g/mol. The SMILES string of the molecule is CCn1nc2ccc(OCc3ccccn3)cc2c1C(=O)O. The maximum Gasteiger partial charge on any atom is 0.354 e. The van der Waals surface area contributed by atoms with Gasteiger partial charge in [0.05, 0.1) is 11.2 Å². The lowest BCUT2D eigenvalue weighted by atomic mass is 10.2. The molecular formula is C16H15N3O3. The van der Waals surface area contributed by atoms with Crippen LogP contribution in [0.1, 0.15) is 23.1 Å². The number of benzene rings is 1. The second-order valence-corrected chi connectivity index (χ2v) is 4.76. The van der Waals surface area contributed by atoms with Crippen LogP contribution in [-0.4, -0.2) is 25.8 Å². The largest absolute Gasteiger partial charge is 0.487 e. The van der Waals surface area contributed by atoms with Crippen LogP contribution in [0, 0.1) is 0 Å². The Bertz CT molecular complexity index is 812. The van der Waals surface area contributed by atoms with Gasteiger partial charge in [-0.2, -0.15) is 5.10 Å². The summed E-state index contributed by atoms with van der Waals surface area (Å²) in [5.41, 5.74) is 1.63. The average molecular weight is 297 g/mol. The fraction of sp³-hybridized carbons (Fsp3) is 0.188. The van der Waals surface area contributed by atoms with Crippen molar-refractivity contribution in [2.24, 2.45) is 0 Å². The fourth-order valence-corrected chi connectivity index (χ4v) is 2.30. The quantitative estimate of drug-likeness (QED) is 0.783. The minimum atomic E-state index is -0.994. The molecule has 22 heavy (non-hydrogen) atoms. The van der Waals surface area contributed by atoms with E-state index >= 15 is 0 Å². The van der Waals surface area contributed by atoms with Gasteiger partial charge in [-0.25, -0.2) is 4.79 Å². The van der Waals surface area contributed by atoms with Crippen molar-refractivity contribution in [3.05, 3.63) is 54.0 Å². The van der Waals surface area contributed by atoms with E-state index in [4.69, 9.17) is 4.74 Å². The number of hydrogen-bond acceptors (Lipinski definition) is 4. The van der Waals surface area contributed by atoms with Gasteiger partial charge in [0, 0.05) is 18.1 Å². The summed E-state index contributed by atoms with van der Waals surface area (Å²) >= 11 is 0. The van der Waals surface area contributed by atoms with Gasteiger partial charge in [-0.1, -0.05) is 6.07 Å². The molecule has 0 aliphatic carbocycles. The van der Waals surface area contributed by atoms with Crippen molar-refractivity contribution in [1.29, 1.82) is 0 Å². The topological polar surface area (TPSA) is 77.2 Å². The van der Waals surface area contributed by atoms with Crippen molar-refractivity contribution < 1.29 is 14.6 Å². The molecule has 0 aliphatic rings. The van der Waals surface area contributed by atoms with Crippen LogP contribution in [0.15, 0.2) is 42.6 Å². The molecule has 3 aromatic rings. The number of hydrogen-bond donors (Lipinski definition) is 1. The van der Waals surface area contributed by atoms with Crippen LogP contribution >= 0.6 is 0 Å². The lowest BCUT2D eigenvalue weighted by Crippen LogP contribution is -2.08. The average Bonchev–Trinajstić information content (AvgIpc) is 2.91. The summed E-state index contributed by atoms with van der Waals surface area (Å²) in [6.45, 7) is 2.69. The van der Waals surface area contributed by atoms with Crippen molar-refractivity contribution in [2.75, 3.05) is 0 Å². The maximum atomic E-state index is 11.4. The van der Waals surface area contributed by atoms with Crippen molar-refractivity contribution in [2.45, 2.75) is 20.1 Å². The van der Waals surface area contributed by atoms with Gasteiger partial charge >= 0.3 is 5.97 Å². The van der Waals surface area contributed by atoms with Gasteiger partial charge in [-0.15, -0.1) is 0 Å². The van der Waals surface area contributed by atoms with E-state index in [1.807, 2.05) is 25.1 Å². The highest BCUT2D eigenvalue weighted by Gasteiger charge is 2.17. The third kappa shape index (κ3) is 2.63. The number of rotatable bonds is 5. The zero-order valence-electron chi connectivity index (χ0n) is 12.1. The lowest BCUT2D eigenvalue weighted by Gasteiger charge is -2.05. The van der Waals surface area contributed by atoms with Crippen molar-refractivity contribution in [3.63, 3.8) is 0 Å². The Hall–Kier alpha value is -2.89. The van der Waals surface area contributed by atoms with E-state index in [2.05, 4.69) is 10.1 Å². The third-order valence-corrected chi connectivity index (χ3v) is 3.32. The third-order valence-electron chi connectivity index (χ3n) is 3.32. The molecule has 0 saturated carbocycles.